The molecule has 0 fully saturated rings. The van der Waals surface area contributed by atoms with Gasteiger partial charge in [0.2, 0.25) is 0 Å². The van der Waals surface area contributed by atoms with Gasteiger partial charge in [0.15, 0.2) is 6.04 Å². The summed E-state index contributed by atoms with van der Waals surface area (Å²) in [7, 11) is 0. The van der Waals surface area contributed by atoms with Crippen molar-refractivity contribution in [3.8, 4) is 0 Å². The molecule has 120 valence electrons. The molecule has 0 aliphatic rings. The molecule has 0 aromatic heterocycles. The van der Waals surface area contributed by atoms with E-state index in [1.807, 2.05) is 0 Å². The van der Waals surface area contributed by atoms with Crippen LogP contribution >= 0.6 is 0 Å². The van der Waals surface area contributed by atoms with Gasteiger partial charge in [0.25, 0.3) is 0 Å². The van der Waals surface area contributed by atoms with Crippen LogP contribution in [0.4, 0.5) is 4.79 Å². The molecular formula is C15H19NO6. The van der Waals surface area contributed by atoms with E-state index in [0.29, 0.717) is 5.56 Å². The molecule has 1 amide bonds. The third-order valence-electron chi connectivity index (χ3n) is 2.38. The van der Waals surface area contributed by atoms with E-state index in [0.717, 1.165) is 0 Å². The van der Waals surface area contributed by atoms with Crippen LogP contribution in [0.2, 0.25) is 0 Å². The zero-order valence-corrected chi connectivity index (χ0v) is 12.7. The molecule has 1 aromatic carbocycles. The number of alkyl carbamates (subject to hydrolysis) is 1. The first kappa shape index (κ1) is 17.5. The number of rotatable bonds is 5. The fraction of sp³-hybridized carbons (Fsp3) is 0.400. The molecule has 0 saturated heterocycles. The Hall–Kier alpha value is -2.57. The predicted octanol–water partition coefficient (Wildman–Crippen LogP) is 1.82. The maximum atomic E-state index is 11.7. The Morgan fingerprint density at radius 2 is 1.77 bits per heavy atom. The van der Waals surface area contributed by atoms with Gasteiger partial charge in [-0.2, -0.15) is 0 Å². The van der Waals surface area contributed by atoms with Crippen LogP contribution in [-0.2, 0) is 14.3 Å². The number of carboxylic acids is 1. The van der Waals surface area contributed by atoms with Gasteiger partial charge in [-0.15, -0.1) is 0 Å². The van der Waals surface area contributed by atoms with Crippen molar-refractivity contribution >= 4 is 18.0 Å². The van der Waals surface area contributed by atoms with Gasteiger partial charge in [0.1, 0.15) is 12.2 Å². The molecule has 0 unspecified atom stereocenters. The van der Waals surface area contributed by atoms with E-state index in [9.17, 15) is 14.4 Å². The fourth-order valence-corrected chi connectivity index (χ4v) is 1.44. The highest BCUT2D eigenvalue weighted by Gasteiger charge is 2.25. The van der Waals surface area contributed by atoms with Crippen LogP contribution in [0, 0.1) is 0 Å². The number of hydrogen-bond acceptors (Lipinski definition) is 5. The van der Waals surface area contributed by atoms with Crippen LogP contribution < -0.4 is 5.32 Å². The third-order valence-corrected chi connectivity index (χ3v) is 2.38. The smallest absolute Gasteiger partial charge is 0.408 e. The number of amides is 1. The van der Waals surface area contributed by atoms with Gasteiger partial charge in [0.05, 0.1) is 5.56 Å². The highest BCUT2D eigenvalue weighted by molar-refractivity contribution is 5.89. The Morgan fingerprint density at radius 3 is 2.27 bits per heavy atom. The van der Waals surface area contributed by atoms with Gasteiger partial charge in [-0.25, -0.2) is 14.4 Å². The highest BCUT2D eigenvalue weighted by atomic mass is 16.6. The van der Waals surface area contributed by atoms with Crippen molar-refractivity contribution in [1.29, 1.82) is 0 Å². The van der Waals surface area contributed by atoms with Gasteiger partial charge in [0, 0.05) is 0 Å². The van der Waals surface area contributed by atoms with Crippen molar-refractivity contribution in [2.45, 2.75) is 32.4 Å². The molecule has 0 bridgehead atoms. The van der Waals surface area contributed by atoms with E-state index in [1.54, 1.807) is 51.1 Å². The standard InChI is InChI=1S/C15H19NO6/c1-15(2,3)22-14(20)16-11(12(17)18)9-21-13(19)10-7-5-4-6-8-10/h4-8,11H,9H2,1-3H3,(H,16,20)(H,17,18)/t11-/m0/s1. The van der Waals surface area contributed by atoms with Crippen molar-refractivity contribution in [3.63, 3.8) is 0 Å². The topological polar surface area (TPSA) is 102 Å². The molecule has 7 heteroatoms. The Bertz CT molecular complexity index is 535. The second-order valence-electron chi connectivity index (χ2n) is 5.50. The maximum Gasteiger partial charge on any atom is 0.408 e. The lowest BCUT2D eigenvalue weighted by molar-refractivity contribution is -0.140. The number of hydrogen-bond donors (Lipinski definition) is 2. The van der Waals surface area contributed by atoms with Gasteiger partial charge < -0.3 is 19.9 Å². The molecule has 0 aliphatic carbocycles. The van der Waals surface area contributed by atoms with Crippen molar-refractivity contribution in [1.82, 2.24) is 5.32 Å². The molecule has 0 saturated carbocycles. The number of ether oxygens (including phenoxy) is 2. The number of benzene rings is 1. The summed E-state index contributed by atoms with van der Waals surface area (Å²) in [5.41, 5.74) is -0.461. The normalized spacial score (nSPS) is 12.1. The van der Waals surface area contributed by atoms with E-state index in [4.69, 9.17) is 14.6 Å². The molecular weight excluding hydrogens is 290 g/mol. The summed E-state index contributed by atoms with van der Waals surface area (Å²) in [6.07, 6.45) is -0.893. The minimum atomic E-state index is -1.39. The van der Waals surface area contributed by atoms with Crippen LogP contribution in [0.25, 0.3) is 0 Å². The Balaban J connectivity index is 2.57. The Labute approximate surface area is 128 Å². The first-order valence-corrected chi connectivity index (χ1v) is 6.63. The molecule has 0 spiro atoms. The molecule has 0 heterocycles. The Morgan fingerprint density at radius 1 is 1.18 bits per heavy atom. The first-order chi connectivity index (χ1) is 10.2. The summed E-state index contributed by atoms with van der Waals surface area (Å²) < 4.78 is 9.85. The summed E-state index contributed by atoms with van der Waals surface area (Å²) in [5.74, 6) is -2.00. The number of esters is 1. The zero-order valence-electron chi connectivity index (χ0n) is 12.7. The molecule has 0 radical (unpaired) electrons. The molecule has 22 heavy (non-hydrogen) atoms. The van der Waals surface area contributed by atoms with Crippen LogP contribution in [0.1, 0.15) is 31.1 Å². The van der Waals surface area contributed by atoms with Crippen LogP contribution in [0.5, 0.6) is 0 Å². The molecule has 7 nitrogen and oxygen atoms in total. The number of nitrogens with one attached hydrogen (secondary N) is 1. The molecule has 0 aliphatic heterocycles. The average Bonchev–Trinajstić information content (AvgIpc) is 2.41. The van der Waals surface area contributed by atoms with Crippen molar-refractivity contribution in [2.24, 2.45) is 0 Å². The van der Waals surface area contributed by atoms with Crippen LogP contribution in [0.15, 0.2) is 30.3 Å². The van der Waals surface area contributed by atoms with Crippen LogP contribution in [-0.4, -0.2) is 41.4 Å². The van der Waals surface area contributed by atoms with E-state index in [2.05, 4.69) is 5.32 Å². The second kappa shape index (κ2) is 7.44. The maximum absolute atomic E-state index is 11.7. The fourth-order valence-electron chi connectivity index (χ4n) is 1.44. The van der Waals surface area contributed by atoms with Crippen molar-refractivity contribution in [2.75, 3.05) is 6.61 Å². The highest BCUT2D eigenvalue weighted by Crippen LogP contribution is 2.07. The van der Waals surface area contributed by atoms with E-state index in [1.165, 1.54) is 0 Å². The van der Waals surface area contributed by atoms with Crippen LogP contribution in [0.3, 0.4) is 0 Å². The zero-order chi connectivity index (χ0) is 16.8. The summed E-state index contributed by atoms with van der Waals surface area (Å²) >= 11 is 0. The largest absolute Gasteiger partial charge is 0.480 e. The van der Waals surface area contributed by atoms with E-state index < -0.39 is 36.3 Å². The summed E-state index contributed by atoms with van der Waals surface area (Å²) in [4.78, 5) is 34.4. The summed E-state index contributed by atoms with van der Waals surface area (Å²) in [6.45, 7) is 4.45. The van der Waals surface area contributed by atoms with Crippen molar-refractivity contribution < 1.29 is 29.0 Å². The molecule has 1 aromatic rings. The minimum Gasteiger partial charge on any atom is -0.480 e. The van der Waals surface area contributed by atoms with Gasteiger partial charge in [-0.05, 0) is 32.9 Å². The average molecular weight is 309 g/mol. The lowest BCUT2D eigenvalue weighted by atomic mass is 10.2. The molecule has 1 rings (SSSR count). The lowest BCUT2D eigenvalue weighted by Gasteiger charge is -2.21. The van der Waals surface area contributed by atoms with E-state index in [-0.39, 0.29) is 0 Å². The minimum absolute atomic E-state index is 0.295. The van der Waals surface area contributed by atoms with E-state index >= 15 is 0 Å². The monoisotopic (exact) mass is 309 g/mol. The quantitative estimate of drug-likeness (QED) is 0.804. The number of carbonyl (C=O) groups is 3. The first-order valence-electron chi connectivity index (χ1n) is 6.63. The number of carbonyl (C=O) groups excluding carboxylic acids is 2. The SMILES string of the molecule is CC(C)(C)OC(=O)N[C@@H](COC(=O)c1ccccc1)C(=O)O. The Kier molecular flexibility index (Phi) is 5.91. The number of carboxylic acid groups (broad SMARTS) is 1. The predicted molar refractivity (Wildman–Crippen MR) is 77.5 cm³/mol. The molecule has 1 atom stereocenters. The van der Waals surface area contributed by atoms with Gasteiger partial charge >= 0.3 is 18.0 Å². The molecule has 2 N–H and O–H groups in total. The summed E-state index contributed by atoms with van der Waals surface area (Å²) in [5, 5.41) is 11.2. The van der Waals surface area contributed by atoms with Crippen molar-refractivity contribution in [3.05, 3.63) is 35.9 Å². The third kappa shape index (κ3) is 6.25. The van der Waals surface area contributed by atoms with Gasteiger partial charge in [-0.3, -0.25) is 0 Å². The number of aliphatic carboxylic acids is 1. The van der Waals surface area contributed by atoms with Gasteiger partial charge in [-0.1, -0.05) is 18.2 Å². The second-order valence-corrected chi connectivity index (χ2v) is 5.50. The lowest BCUT2D eigenvalue weighted by Crippen LogP contribution is -2.46. The summed E-state index contributed by atoms with van der Waals surface area (Å²) in [6, 6.07) is 6.75.